The van der Waals surface area contributed by atoms with Crippen molar-refractivity contribution in [2.45, 2.75) is 33.1 Å². The highest BCUT2D eigenvalue weighted by Crippen LogP contribution is 2.34. The highest BCUT2D eigenvalue weighted by Gasteiger charge is 2.28. The fourth-order valence-electron chi connectivity index (χ4n) is 4.60. The van der Waals surface area contributed by atoms with Crippen molar-refractivity contribution in [1.82, 2.24) is 14.4 Å². The third-order valence-corrected chi connectivity index (χ3v) is 6.86. The number of carbonyl (C=O) groups is 2. The lowest BCUT2D eigenvalue weighted by atomic mass is 10.1. The van der Waals surface area contributed by atoms with Crippen LogP contribution >= 0.6 is 11.6 Å². The van der Waals surface area contributed by atoms with E-state index in [1.165, 1.54) is 0 Å². The summed E-state index contributed by atoms with van der Waals surface area (Å²) in [6, 6.07) is 17.3. The van der Waals surface area contributed by atoms with Crippen LogP contribution in [-0.4, -0.2) is 59.5 Å². The summed E-state index contributed by atoms with van der Waals surface area (Å²) < 4.78 is 7.71. The zero-order valence-electron chi connectivity index (χ0n) is 20.6. The van der Waals surface area contributed by atoms with Crippen LogP contribution in [0.1, 0.15) is 42.2 Å². The Balaban J connectivity index is 1.67. The summed E-state index contributed by atoms with van der Waals surface area (Å²) in [5.74, 6) is 0.883. The standard InChI is InChI=1S/C28H32ClN3O3/c1-4-5-10-27(33)30-15-17-31(18-16-30)28(34)23-19-25(21-11-13-22(29)14-12-21)32(20(23)2)24-8-6-7-9-26(24)35-3/h6-9,11-14,19H,4-5,10,15-18H2,1-3H3. The van der Waals surface area contributed by atoms with Gasteiger partial charge >= 0.3 is 0 Å². The van der Waals surface area contributed by atoms with Gasteiger partial charge in [0.05, 0.1) is 24.1 Å². The van der Waals surface area contributed by atoms with Crippen molar-refractivity contribution in [2.75, 3.05) is 33.3 Å². The van der Waals surface area contributed by atoms with Crippen LogP contribution in [0.15, 0.2) is 54.6 Å². The van der Waals surface area contributed by atoms with E-state index < -0.39 is 0 Å². The minimum absolute atomic E-state index is 0.0213. The van der Waals surface area contributed by atoms with Crippen molar-refractivity contribution in [2.24, 2.45) is 0 Å². The van der Waals surface area contributed by atoms with Crippen molar-refractivity contribution < 1.29 is 14.3 Å². The molecule has 1 aliphatic heterocycles. The Hall–Kier alpha value is -3.25. The number of para-hydroxylation sites is 2. The van der Waals surface area contributed by atoms with Crippen LogP contribution in [0.5, 0.6) is 5.75 Å². The van der Waals surface area contributed by atoms with Gasteiger partial charge in [0.2, 0.25) is 5.91 Å². The molecular weight excluding hydrogens is 462 g/mol. The zero-order chi connectivity index (χ0) is 24.9. The number of halogens is 1. The van der Waals surface area contributed by atoms with Gasteiger partial charge in [-0.2, -0.15) is 0 Å². The van der Waals surface area contributed by atoms with E-state index in [1.807, 2.05) is 71.3 Å². The second-order valence-electron chi connectivity index (χ2n) is 8.82. The summed E-state index contributed by atoms with van der Waals surface area (Å²) >= 11 is 6.14. The van der Waals surface area contributed by atoms with E-state index >= 15 is 0 Å². The molecule has 0 saturated carbocycles. The van der Waals surface area contributed by atoms with Crippen LogP contribution in [0.3, 0.4) is 0 Å². The number of rotatable bonds is 7. The Morgan fingerprint density at radius 2 is 1.63 bits per heavy atom. The lowest BCUT2D eigenvalue weighted by molar-refractivity contribution is -0.132. The van der Waals surface area contributed by atoms with E-state index in [0.29, 0.717) is 43.2 Å². The van der Waals surface area contributed by atoms with Gasteiger partial charge in [-0.1, -0.05) is 49.2 Å². The minimum Gasteiger partial charge on any atom is -0.495 e. The highest BCUT2D eigenvalue weighted by atomic mass is 35.5. The molecule has 2 heterocycles. The van der Waals surface area contributed by atoms with Crippen LogP contribution < -0.4 is 4.74 Å². The maximum atomic E-state index is 13.7. The topological polar surface area (TPSA) is 54.8 Å². The van der Waals surface area contributed by atoms with Gasteiger partial charge in [0.25, 0.3) is 5.91 Å². The molecule has 1 aliphatic rings. The number of nitrogens with zero attached hydrogens (tertiary/aromatic N) is 3. The Bertz CT molecular complexity index is 1190. The largest absolute Gasteiger partial charge is 0.495 e. The van der Waals surface area contributed by atoms with Crippen molar-refractivity contribution in [3.63, 3.8) is 0 Å². The maximum absolute atomic E-state index is 13.7. The van der Waals surface area contributed by atoms with Crippen LogP contribution in [-0.2, 0) is 4.79 Å². The number of aromatic nitrogens is 1. The number of hydrogen-bond acceptors (Lipinski definition) is 3. The smallest absolute Gasteiger partial charge is 0.255 e. The first-order valence-electron chi connectivity index (χ1n) is 12.1. The molecule has 2 aromatic carbocycles. The molecule has 7 heteroatoms. The molecule has 0 bridgehead atoms. The van der Waals surface area contributed by atoms with Gasteiger partial charge < -0.3 is 19.1 Å². The average Bonchev–Trinajstić information content (AvgIpc) is 3.23. The fourth-order valence-corrected chi connectivity index (χ4v) is 4.72. The maximum Gasteiger partial charge on any atom is 0.255 e. The predicted octanol–water partition coefficient (Wildman–Crippen LogP) is 5.59. The molecule has 6 nitrogen and oxygen atoms in total. The Kier molecular flexibility index (Phi) is 7.81. The van der Waals surface area contributed by atoms with Gasteiger partial charge in [0.15, 0.2) is 0 Å². The number of hydrogen-bond donors (Lipinski definition) is 0. The second kappa shape index (κ2) is 11.0. The number of amides is 2. The van der Waals surface area contributed by atoms with Gasteiger partial charge in [-0.05, 0) is 49.2 Å². The predicted molar refractivity (Wildman–Crippen MR) is 140 cm³/mol. The number of piperazine rings is 1. The first-order valence-corrected chi connectivity index (χ1v) is 12.5. The third-order valence-electron chi connectivity index (χ3n) is 6.61. The van der Waals surface area contributed by atoms with E-state index in [-0.39, 0.29) is 11.8 Å². The van der Waals surface area contributed by atoms with E-state index in [0.717, 1.165) is 41.2 Å². The first-order chi connectivity index (χ1) is 16.9. The quantitative estimate of drug-likeness (QED) is 0.431. The molecule has 0 unspecified atom stereocenters. The Morgan fingerprint density at radius 1 is 0.971 bits per heavy atom. The number of methoxy groups -OCH3 is 1. The summed E-state index contributed by atoms with van der Waals surface area (Å²) in [5, 5.41) is 0.656. The van der Waals surface area contributed by atoms with Crippen molar-refractivity contribution in [3.05, 3.63) is 70.9 Å². The normalized spacial score (nSPS) is 13.7. The number of carbonyl (C=O) groups excluding carboxylic acids is 2. The van der Waals surface area contributed by atoms with Gasteiger partial charge in [0.1, 0.15) is 5.75 Å². The van der Waals surface area contributed by atoms with Crippen molar-refractivity contribution in [1.29, 1.82) is 0 Å². The minimum atomic E-state index is -0.0213. The van der Waals surface area contributed by atoms with Gasteiger partial charge in [0, 0.05) is 43.3 Å². The summed E-state index contributed by atoms with van der Waals surface area (Å²) in [7, 11) is 1.65. The first kappa shape index (κ1) is 24.9. The summed E-state index contributed by atoms with van der Waals surface area (Å²) in [5.41, 5.74) is 4.19. The van der Waals surface area contributed by atoms with E-state index in [9.17, 15) is 9.59 Å². The molecule has 0 atom stereocenters. The van der Waals surface area contributed by atoms with E-state index in [4.69, 9.17) is 16.3 Å². The van der Waals surface area contributed by atoms with Gasteiger partial charge in [-0.25, -0.2) is 0 Å². The van der Waals surface area contributed by atoms with E-state index in [2.05, 4.69) is 11.5 Å². The molecule has 1 saturated heterocycles. The third kappa shape index (κ3) is 5.22. The van der Waals surface area contributed by atoms with E-state index in [1.54, 1.807) is 7.11 Å². The lowest BCUT2D eigenvalue weighted by Gasteiger charge is -2.35. The molecule has 0 spiro atoms. The van der Waals surface area contributed by atoms with Gasteiger partial charge in [-0.3, -0.25) is 9.59 Å². The lowest BCUT2D eigenvalue weighted by Crippen LogP contribution is -2.50. The van der Waals surface area contributed by atoms with Gasteiger partial charge in [-0.15, -0.1) is 0 Å². The molecule has 1 fully saturated rings. The van der Waals surface area contributed by atoms with Crippen molar-refractivity contribution in [3.8, 4) is 22.7 Å². The molecule has 1 aromatic heterocycles. The second-order valence-corrected chi connectivity index (χ2v) is 9.26. The van der Waals surface area contributed by atoms with Crippen LogP contribution in [0.2, 0.25) is 5.02 Å². The molecule has 2 amide bonds. The van der Waals surface area contributed by atoms with Crippen LogP contribution in [0.4, 0.5) is 0 Å². The Labute approximate surface area is 212 Å². The molecule has 0 aliphatic carbocycles. The summed E-state index contributed by atoms with van der Waals surface area (Å²) in [4.78, 5) is 29.8. The highest BCUT2D eigenvalue weighted by molar-refractivity contribution is 6.30. The van der Waals surface area contributed by atoms with Crippen LogP contribution in [0.25, 0.3) is 16.9 Å². The molecular formula is C28H32ClN3O3. The summed E-state index contributed by atoms with van der Waals surface area (Å²) in [6.07, 6.45) is 2.49. The molecule has 0 N–H and O–H groups in total. The molecule has 184 valence electrons. The zero-order valence-corrected chi connectivity index (χ0v) is 21.3. The SMILES string of the molecule is CCCCC(=O)N1CCN(C(=O)c2cc(-c3ccc(Cl)cc3)n(-c3ccccc3OC)c2C)CC1. The molecule has 4 rings (SSSR count). The molecule has 3 aromatic rings. The molecule has 0 radical (unpaired) electrons. The number of unbranched alkanes of at least 4 members (excludes halogenated alkanes) is 1. The molecule has 35 heavy (non-hydrogen) atoms. The average molecular weight is 494 g/mol. The number of benzene rings is 2. The Morgan fingerprint density at radius 3 is 2.29 bits per heavy atom. The van der Waals surface area contributed by atoms with Crippen LogP contribution in [0, 0.1) is 6.92 Å². The van der Waals surface area contributed by atoms with Crippen molar-refractivity contribution >= 4 is 23.4 Å². The summed E-state index contributed by atoms with van der Waals surface area (Å²) in [6.45, 7) is 6.26. The monoisotopic (exact) mass is 493 g/mol. The number of ether oxygens (including phenoxy) is 1. The fraction of sp³-hybridized carbons (Fsp3) is 0.357.